The Bertz CT molecular complexity index is 1260. The van der Waals surface area contributed by atoms with Gasteiger partial charge in [-0.15, -0.1) is 0 Å². The van der Waals surface area contributed by atoms with Crippen LogP contribution < -0.4 is 37.1 Å². The first-order chi connectivity index (χ1) is 17.7. The van der Waals surface area contributed by atoms with Gasteiger partial charge in [-0.3, -0.25) is 25.8 Å². The molecular weight excluding hydrogens is 474 g/mol. The Hall–Kier alpha value is -4.80. The molecule has 0 aliphatic heterocycles. The van der Waals surface area contributed by atoms with E-state index in [9.17, 15) is 9.59 Å². The third-order valence-electron chi connectivity index (χ3n) is 5.08. The second kappa shape index (κ2) is 12.2. The molecule has 3 rings (SSSR count). The molecule has 0 saturated heterocycles. The number of hydrogen-bond donors (Lipinski definition) is 6. The SMILES string of the molecule is CCOc1cc(C(Nc2ccc(C(=N)N)cc2)C(=O)NNC(=O)c2ccnc(N)c2)ccc1OC(C)C. The number of amidine groups is 1. The maximum Gasteiger partial charge on any atom is 0.269 e. The third-order valence-corrected chi connectivity index (χ3v) is 5.08. The van der Waals surface area contributed by atoms with Crippen LogP contribution in [0.4, 0.5) is 11.5 Å². The van der Waals surface area contributed by atoms with E-state index in [1.807, 2.05) is 20.8 Å². The Morgan fingerprint density at radius 3 is 2.35 bits per heavy atom. The Morgan fingerprint density at radius 2 is 1.73 bits per heavy atom. The number of nitrogens with zero attached hydrogens (tertiary/aromatic N) is 1. The molecule has 1 atom stereocenters. The zero-order valence-corrected chi connectivity index (χ0v) is 20.9. The molecule has 0 aliphatic carbocycles. The monoisotopic (exact) mass is 505 g/mol. The highest BCUT2D eigenvalue weighted by atomic mass is 16.5. The van der Waals surface area contributed by atoms with Crippen molar-refractivity contribution < 1.29 is 19.1 Å². The fourth-order valence-corrected chi connectivity index (χ4v) is 3.39. The molecule has 3 aromatic rings. The van der Waals surface area contributed by atoms with E-state index in [1.54, 1.807) is 42.5 Å². The van der Waals surface area contributed by atoms with Crippen molar-refractivity contribution in [3.63, 3.8) is 0 Å². The summed E-state index contributed by atoms with van der Waals surface area (Å²) in [7, 11) is 0. The normalized spacial score (nSPS) is 11.4. The maximum absolute atomic E-state index is 13.3. The molecule has 11 nitrogen and oxygen atoms in total. The predicted octanol–water partition coefficient (Wildman–Crippen LogP) is 2.75. The van der Waals surface area contributed by atoms with Crippen LogP contribution in [0.1, 0.15) is 48.3 Å². The van der Waals surface area contributed by atoms with E-state index < -0.39 is 17.9 Å². The summed E-state index contributed by atoms with van der Waals surface area (Å²) in [5.74, 6) is 0.0569. The minimum absolute atomic E-state index is 0.0672. The Kier molecular flexibility index (Phi) is 8.87. The first-order valence-corrected chi connectivity index (χ1v) is 11.6. The lowest BCUT2D eigenvalue weighted by Gasteiger charge is -2.22. The van der Waals surface area contributed by atoms with Gasteiger partial charge in [0.05, 0.1) is 12.7 Å². The number of amides is 2. The van der Waals surface area contributed by atoms with E-state index in [1.165, 1.54) is 18.3 Å². The molecule has 1 unspecified atom stereocenters. The summed E-state index contributed by atoms with van der Waals surface area (Å²) >= 11 is 0. The summed E-state index contributed by atoms with van der Waals surface area (Å²) in [4.78, 5) is 29.7. The molecule has 11 heteroatoms. The first-order valence-electron chi connectivity index (χ1n) is 11.6. The summed E-state index contributed by atoms with van der Waals surface area (Å²) in [6, 6.07) is 13.9. The molecule has 1 aromatic heterocycles. The second-order valence-electron chi connectivity index (χ2n) is 8.29. The Morgan fingerprint density at radius 1 is 1.00 bits per heavy atom. The van der Waals surface area contributed by atoms with Crippen molar-refractivity contribution in [1.29, 1.82) is 5.41 Å². The molecule has 0 spiro atoms. The van der Waals surface area contributed by atoms with Crippen LogP contribution in [-0.2, 0) is 4.79 Å². The van der Waals surface area contributed by atoms with Gasteiger partial charge in [-0.25, -0.2) is 4.98 Å². The number of nitrogens with one attached hydrogen (secondary N) is 4. The molecule has 0 radical (unpaired) electrons. The van der Waals surface area contributed by atoms with Crippen LogP contribution in [-0.4, -0.2) is 35.3 Å². The topological polar surface area (TPSA) is 177 Å². The van der Waals surface area contributed by atoms with Crippen LogP contribution >= 0.6 is 0 Å². The highest BCUT2D eigenvalue weighted by Crippen LogP contribution is 2.32. The van der Waals surface area contributed by atoms with Crippen LogP contribution in [0.5, 0.6) is 11.5 Å². The van der Waals surface area contributed by atoms with Crippen LogP contribution in [0, 0.1) is 5.41 Å². The van der Waals surface area contributed by atoms with Crippen molar-refractivity contribution >= 4 is 29.2 Å². The minimum atomic E-state index is -0.932. The number of pyridine rings is 1. The molecule has 194 valence electrons. The molecule has 0 bridgehead atoms. The summed E-state index contributed by atoms with van der Waals surface area (Å²) in [6.45, 7) is 6.07. The molecule has 2 aromatic carbocycles. The number of nitrogen functional groups attached to an aromatic ring is 2. The lowest BCUT2D eigenvalue weighted by molar-refractivity contribution is -0.122. The Labute approximate surface area is 215 Å². The van der Waals surface area contributed by atoms with Crippen LogP contribution in [0.2, 0.25) is 0 Å². The van der Waals surface area contributed by atoms with Crippen molar-refractivity contribution in [2.45, 2.75) is 32.9 Å². The molecule has 37 heavy (non-hydrogen) atoms. The predicted molar refractivity (Wildman–Crippen MR) is 141 cm³/mol. The van der Waals surface area contributed by atoms with Crippen LogP contribution in [0.25, 0.3) is 0 Å². The standard InChI is InChI=1S/C26H31N7O4/c1-4-36-21-13-17(7-10-20(21)37-15(2)3)23(31-19-8-5-16(6-9-19)24(28)29)26(35)33-32-25(34)18-11-12-30-22(27)14-18/h5-15,23,31H,4H2,1-3H3,(H2,27,30)(H3,28,29)(H,32,34)(H,33,35). The fourth-order valence-electron chi connectivity index (χ4n) is 3.39. The number of rotatable bonds is 10. The molecule has 0 fully saturated rings. The number of nitrogens with two attached hydrogens (primary N) is 2. The zero-order valence-electron chi connectivity index (χ0n) is 20.9. The van der Waals surface area contributed by atoms with Gasteiger partial charge >= 0.3 is 0 Å². The number of benzene rings is 2. The number of carbonyl (C=O) groups is 2. The van der Waals surface area contributed by atoms with Crippen molar-refractivity contribution in [2.24, 2.45) is 5.73 Å². The molecule has 8 N–H and O–H groups in total. The maximum atomic E-state index is 13.3. The van der Waals surface area contributed by atoms with Crippen LogP contribution in [0.15, 0.2) is 60.8 Å². The molecule has 0 aliphatic rings. The van der Waals surface area contributed by atoms with Gasteiger partial charge in [-0.1, -0.05) is 6.07 Å². The van der Waals surface area contributed by atoms with Crippen molar-refractivity contribution in [3.8, 4) is 11.5 Å². The smallest absolute Gasteiger partial charge is 0.269 e. The van der Waals surface area contributed by atoms with E-state index >= 15 is 0 Å². The molecule has 1 heterocycles. The quantitative estimate of drug-likeness (QED) is 0.138. The van der Waals surface area contributed by atoms with Gasteiger partial charge in [0, 0.05) is 23.0 Å². The summed E-state index contributed by atoms with van der Waals surface area (Å²) in [5.41, 5.74) is 18.0. The van der Waals surface area contributed by atoms with E-state index in [0.29, 0.717) is 34.9 Å². The highest BCUT2D eigenvalue weighted by molar-refractivity contribution is 5.97. The summed E-state index contributed by atoms with van der Waals surface area (Å²) < 4.78 is 11.6. The number of aromatic nitrogens is 1. The van der Waals surface area contributed by atoms with Gasteiger partial charge in [0.2, 0.25) is 0 Å². The molecule has 0 saturated carbocycles. The number of ether oxygens (including phenoxy) is 2. The first kappa shape index (κ1) is 26.8. The van der Waals surface area contributed by atoms with Crippen molar-refractivity contribution in [2.75, 3.05) is 17.7 Å². The fraction of sp³-hybridized carbons (Fsp3) is 0.231. The van der Waals surface area contributed by atoms with Gasteiger partial charge in [0.25, 0.3) is 11.8 Å². The highest BCUT2D eigenvalue weighted by Gasteiger charge is 2.23. The molecule has 2 amide bonds. The van der Waals surface area contributed by atoms with Gasteiger partial charge in [-0.2, -0.15) is 0 Å². The lowest BCUT2D eigenvalue weighted by Crippen LogP contribution is -2.45. The number of hydrogen-bond acceptors (Lipinski definition) is 8. The molecular formula is C26H31N7O4. The second-order valence-corrected chi connectivity index (χ2v) is 8.29. The average molecular weight is 506 g/mol. The number of carbonyl (C=O) groups excluding carboxylic acids is 2. The number of hydrazine groups is 1. The van der Waals surface area contributed by atoms with Gasteiger partial charge in [0.1, 0.15) is 17.7 Å². The summed E-state index contributed by atoms with van der Waals surface area (Å²) in [6.07, 6.45) is 1.33. The van der Waals surface area contributed by atoms with Crippen molar-refractivity contribution in [1.82, 2.24) is 15.8 Å². The lowest BCUT2D eigenvalue weighted by atomic mass is 10.0. The average Bonchev–Trinajstić information content (AvgIpc) is 2.87. The van der Waals surface area contributed by atoms with Gasteiger partial charge in [0.15, 0.2) is 11.5 Å². The van der Waals surface area contributed by atoms with E-state index in [4.69, 9.17) is 26.4 Å². The van der Waals surface area contributed by atoms with Crippen molar-refractivity contribution in [3.05, 3.63) is 77.5 Å². The largest absolute Gasteiger partial charge is 0.490 e. The van der Waals surface area contributed by atoms with Gasteiger partial charge < -0.3 is 26.3 Å². The van der Waals surface area contributed by atoms with E-state index in [2.05, 4.69) is 21.2 Å². The van der Waals surface area contributed by atoms with E-state index in [-0.39, 0.29) is 23.3 Å². The third kappa shape index (κ3) is 7.34. The van der Waals surface area contributed by atoms with Gasteiger partial charge in [-0.05, 0) is 74.9 Å². The Balaban J connectivity index is 1.89. The van der Waals surface area contributed by atoms with E-state index in [0.717, 1.165) is 0 Å². The summed E-state index contributed by atoms with van der Waals surface area (Å²) in [5, 5.41) is 10.7. The number of anilines is 2. The minimum Gasteiger partial charge on any atom is -0.490 e. The zero-order chi connectivity index (χ0) is 26.9. The van der Waals surface area contributed by atoms with Crippen LogP contribution in [0.3, 0.4) is 0 Å².